The van der Waals surface area contributed by atoms with Crippen LogP contribution >= 0.6 is 0 Å². The molecule has 1 aromatic carbocycles. The molecule has 5 rings (SSSR count). The van der Waals surface area contributed by atoms with Crippen LogP contribution < -0.4 is 4.90 Å². The van der Waals surface area contributed by atoms with Crippen LogP contribution in [0, 0.1) is 19.3 Å². The largest absolute Gasteiger partial charge is 0.379 e. The molecular weight excluding hydrogens is 382 g/mol. The maximum Gasteiger partial charge on any atom is 0.223 e. The number of benzene rings is 1. The van der Waals surface area contributed by atoms with E-state index in [-0.39, 0.29) is 11.3 Å². The van der Waals surface area contributed by atoms with Gasteiger partial charge in [-0.1, -0.05) is 17.3 Å². The van der Waals surface area contributed by atoms with Gasteiger partial charge in [0.25, 0.3) is 0 Å². The minimum Gasteiger partial charge on any atom is -0.379 e. The fraction of sp³-hybridized carbons (Fsp3) is 0.455. The van der Waals surface area contributed by atoms with Gasteiger partial charge in [-0.25, -0.2) is 9.97 Å². The summed E-state index contributed by atoms with van der Waals surface area (Å²) >= 11 is 0. The highest BCUT2D eigenvalue weighted by atomic mass is 16.5. The summed E-state index contributed by atoms with van der Waals surface area (Å²) in [6.07, 6.45) is 2.08. The van der Waals surface area contributed by atoms with Crippen LogP contribution in [-0.2, 0) is 16.1 Å². The number of anilines is 1. The number of rotatable bonds is 3. The molecule has 0 radical (unpaired) electrons. The Morgan fingerprint density at radius 2 is 2.03 bits per heavy atom. The van der Waals surface area contributed by atoms with E-state index in [4.69, 9.17) is 9.26 Å². The van der Waals surface area contributed by atoms with Crippen LogP contribution in [0.15, 0.2) is 35.1 Å². The van der Waals surface area contributed by atoms with Crippen LogP contribution in [0.5, 0.6) is 0 Å². The highest BCUT2D eigenvalue weighted by Crippen LogP contribution is 2.37. The van der Waals surface area contributed by atoms with Gasteiger partial charge in [0.05, 0.1) is 31.0 Å². The Labute approximate surface area is 174 Å². The molecule has 0 aliphatic carbocycles. The number of aromatic nitrogens is 3. The number of fused-ring (bicyclic) bond motifs is 1. The highest BCUT2D eigenvalue weighted by Gasteiger charge is 2.46. The lowest BCUT2D eigenvalue weighted by Crippen LogP contribution is -2.41. The van der Waals surface area contributed by atoms with Crippen molar-refractivity contribution >= 4 is 22.6 Å². The molecule has 3 aromatic rings. The lowest BCUT2D eigenvalue weighted by Gasteiger charge is -2.32. The van der Waals surface area contributed by atoms with Crippen LogP contribution in [0.25, 0.3) is 10.9 Å². The van der Waals surface area contributed by atoms with E-state index in [0.29, 0.717) is 32.7 Å². The molecule has 1 unspecified atom stereocenters. The molecule has 8 nitrogen and oxygen atoms in total. The number of amides is 1. The SMILES string of the molecule is Cc1noc(C)c1CN1CC2(COCCN(c3ncnc4ccccc34)C2)CC1=O. The van der Waals surface area contributed by atoms with Crippen molar-refractivity contribution in [1.29, 1.82) is 0 Å². The van der Waals surface area contributed by atoms with Gasteiger partial charge >= 0.3 is 0 Å². The van der Waals surface area contributed by atoms with Crippen LogP contribution in [0.2, 0.25) is 0 Å². The van der Waals surface area contributed by atoms with Crippen molar-refractivity contribution < 1.29 is 14.1 Å². The van der Waals surface area contributed by atoms with E-state index in [1.54, 1.807) is 6.33 Å². The topological polar surface area (TPSA) is 84.6 Å². The van der Waals surface area contributed by atoms with Gasteiger partial charge in [0.1, 0.15) is 17.9 Å². The number of ether oxygens (including phenoxy) is 1. The fourth-order valence-corrected chi connectivity index (χ4v) is 4.66. The monoisotopic (exact) mass is 407 g/mol. The minimum atomic E-state index is -0.265. The fourth-order valence-electron chi connectivity index (χ4n) is 4.66. The summed E-state index contributed by atoms with van der Waals surface area (Å²) in [5.41, 5.74) is 2.49. The third-order valence-corrected chi connectivity index (χ3v) is 6.20. The number of carbonyl (C=O) groups excluding carboxylic acids is 1. The van der Waals surface area contributed by atoms with Crippen molar-refractivity contribution in [3.63, 3.8) is 0 Å². The standard InChI is InChI=1S/C22H25N5O3/c1-15-18(16(2)30-25-15)10-27-12-22(9-20(27)28)11-26(7-8-29-13-22)21-17-5-3-4-6-19(17)23-14-24-21/h3-6,14H,7-13H2,1-2H3. The van der Waals surface area contributed by atoms with Crippen molar-refractivity contribution in [2.45, 2.75) is 26.8 Å². The Kier molecular flexibility index (Phi) is 4.66. The van der Waals surface area contributed by atoms with Crippen LogP contribution in [0.1, 0.15) is 23.4 Å². The van der Waals surface area contributed by atoms with E-state index in [2.05, 4.69) is 20.0 Å². The van der Waals surface area contributed by atoms with E-state index < -0.39 is 0 Å². The Morgan fingerprint density at radius 1 is 1.17 bits per heavy atom. The van der Waals surface area contributed by atoms with E-state index in [9.17, 15) is 4.79 Å². The van der Waals surface area contributed by atoms with E-state index in [0.717, 1.165) is 46.8 Å². The number of para-hydroxylation sites is 1. The highest BCUT2D eigenvalue weighted by molar-refractivity contribution is 5.89. The van der Waals surface area contributed by atoms with E-state index in [1.807, 2.05) is 43.0 Å². The molecule has 1 amide bonds. The van der Waals surface area contributed by atoms with Crippen molar-refractivity contribution in [1.82, 2.24) is 20.0 Å². The first-order valence-electron chi connectivity index (χ1n) is 10.3. The number of hydrogen-bond acceptors (Lipinski definition) is 7. The summed E-state index contributed by atoms with van der Waals surface area (Å²) < 4.78 is 11.3. The molecule has 0 N–H and O–H groups in total. The minimum absolute atomic E-state index is 0.146. The van der Waals surface area contributed by atoms with Crippen molar-refractivity contribution in [2.24, 2.45) is 5.41 Å². The molecule has 30 heavy (non-hydrogen) atoms. The quantitative estimate of drug-likeness (QED) is 0.659. The molecule has 2 saturated heterocycles. The summed E-state index contributed by atoms with van der Waals surface area (Å²) in [6.45, 7) is 7.61. The first-order chi connectivity index (χ1) is 14.5. The van der Waals surface area contributed by atoms with Gasteiger partial charge in [-0.2, -0.15) is 0 Å². The van der Waals surface area contributed by atoms with E-state index in [1.165, 1.54) is 0 Å². The molecule has 0 bridgehead atoms. The molecule has 2 aliphatic rings. The smallest absolute Gasteiger partial charge is 0.223 e. The molecular formula is C22H25N5O3. The summed E-state index contributed by atoms with van der Waals surface area (Å²) in [4.78, 5) is 26.1. The summed E-state index contributed by atoms with van der Waals surface area (Å²) in [5, 5.41) is 5.05. The molecule has 4 heterocycles. The average molecular weight is 407 g/mol. The van der Waals surface area contributed by atoms with Gasteiger partial charge in [-0.3, -0.25) is 4.79 Å². The molecule has 8 heteroatoms. The first kappa shape index (κ1) is 19.0. The number of carbonyl (C=O) groups is 1. The molecule has 156 valence electrons. The first-order valence-corrected chi connectivity index (χ1v) is 10.3. The van der Waals surface area contributed by atoms with Crippen molar-refractivity contribution in [2.75, 3.05) is 37.7 Å². The van der Waals surface area contributed by atoms with Gasteiger partial charge < -0.3 is 19.1 Å². The molecule has 1 atom stereocenters. The van der Waals surface area contributed by atoms with Crippen molar-refractivity contribution in [3.8, 4) is 0 Å². The number of likely N-dealkylation sites (tertiary alicyclic amines) is 1. The Bertz CT molecular complexity index is 1070. The van der Waals surface area contributed by atoms with Crippen LogP contribution in [0.3, 0.4) is 0 Å². The van der Waals surface area contributed by atoms with Crippen LogP contribution in [0.4, 0.5) is 5.82 Å². The zero-order valence-electron chi connectivity index (χ0n) is 17.3. The predicted molar refractivity (Wildman–Crippen MR) is 111 cm³/mol. The van der Waals surface area contributed by atoms with Gasteiger partial charge in [0, 0.05) is 42.4 Å². The summed E-state index contributed by atoms with van der Waals surface area (Å²) in [5.74, 6) is 1.82. The van der Waals surface area contributed by atoms with Gasteiger partial charge in [-0.05, 0) is 26.0 Å². The lowest BCUT2D eigenvalue weighted by molar-refractivity contribution is -0.128. The third kappa shape index (κ3) is 3.31. The summed E-state index contributed by atoms with van der Waals surface area (Å²) in [6, 6.07) is 8.03. The van der Waals surface area contributed by atoms with Crippen LogP contribution in [-0.4, -0.2) is 58.8 Å². The third-order valence-electron chi connectivity index (χ3n) is 6.20. The molecule has 1 spiro atoms. The van der Waals surface area contributed by atoms with Gasteiger partial charge in [-0.15, -0.1) is 0 Å². The normalized spacial score (nSPS) is 22.3. The zero-order chi connectivity index (χ0) is 20.7. The molecule has 2 fully saturated rings. The number of aryl methyl sites for hydroxylation is 2. The Hall–Kier alpha value is -3.00. The maximum atomic E-state index is 12.9. The second-order valence-corrected chi connectivity index (χ2v) is 8.42. The average Bonchev–Trinajstić information content (AvgIpc) is 3.13. The van der Waals surface area contributed by atoms with Crippen molar-refractivity contribution in [3.05, 3.63) is 47.6 Å². The zero-order valence-corrected chi connectivity index (χ0v) is 17.3. The predicted octanol–water partition coefficient (Wildman–Crippen LogP) is 2.49. The van der Waals surface area contributed by atoms with Gasteiger partial charge in [0.15, 0.2) is 0 Å². The van der Waals surface area contributed by atoms with E-state index >= 15 is 0 Å². The molecule has 2 aromatic heterocycles. The Morgan fingerprint density at radius 3 is 2.87 bits per heavy atom. The second-order valence-electron chi connectivity index (χ2n) is 8.42. The molecule has 0 saturated carbocycles. The Balaban J connectivity index is 1.42. The van der Waals surface area contributed by atoms with Gasteiger partial charge in [0.2, 0.25) is 5.91 Å². The summed E-state index contributed by atoms with van der Waals surface area (Å²) in [7, 11) is 0. The number of nitrogens with zero attached hydrogens (tertiary/aromatic N) is 5. The molecule has 2 aliphatic heterocycles. The maximum absolute atomic E-state index is 12.9. The number of hydrogen-bond donors (Lipinski definition) is 0. The lowest BCUT2D eigenvalue weighted by atomic mass is 9.87. The second kappa shape index (κ2) is 7.36.